The number of nitrogens with two attached hydrogens (primary N) is 1. The molecule has 4 heteroatoms. The Bertz CT molecular complexity index is 396. The number of aromatic carboxylic acids is 1. The zero-order valence-corrected chi connectivity index (χ0v) is 7.31. The molecule has 0 bridgehead atoms. The van der Waals surface area contributed by atoms with E-state index in [0.29, 0.717) is 5.56 Å². The molecule has 0 saturated carbocycles. The van der Waals surface area contributed by atoms with Crippen molar-refractivity contribution in [2.75, 3.05) is 0 Å². The van der Waals surface area contributed by atoms with Gasteiger partial charge in [0.05, 0.1) is 5.56 Å². The first-order valence-corrected chi connectivity index (χ1v) is 3.90. The third kappa shape index (κ3) is 2.75. The monoisotopic (exact) mass is 191 g/mol. The number of carboxylic acid groups (broad SMARTS) is 1. The minimum absolute atomic E-state index is 0.177. The molecular weight excluding hydrogens is 182 g/mol. The van der Waals surface area contributed by atoms with Gasteiger partial charge in [0.15, 0.2) is 0 Å². The lowest BCUT2D eigenvalue weighted by molar-refractivity contribution is -0.113. The molecule has 0 saturated heterocycles. The Kier molecular flexibility index (Phi) is 3.01. The molecule has 0 aliphatic heterocycles. The van der Waals surface area contributed by atoms with Crippen LogP contribution in [0.15, 0.2) is 30.3 Å². The van der Waals surface area contributed by atoms with Crippen LogP contribution in [-0.2, 0) is 4.79 Å². The second kappa shape index (κ2) is 4.23. The first-order chi connectivity index (χ1) is 6.59. The predicted octanol–water partition coefficient (Wildman–Crippen LogP) is 0.883. The number of hydrogen-bond acceptors (Lipinski definition) is 2. The van der Waals surface area contributed by atoms with E-state index in [9.17, 15) is 9.59 Å². The van der Waals surface area contributed by atoms with E-state index in [4.69, 9.17) is 10.8 Å². The van der Waals surface area contributed by atoms with Crippen molar-refractivity contribution in [3.05, 3.63) is 41.5 Å². The molecule has 1 rings (SSSR count). The van der Waals surface area contributed by atoms with Gasteiger partial charge in [-0.15, -0.1) is 0 Å². The van der Waals surface area contributed by atoms with E-state index in [2.05, 4.69) is 0 Å². The van der Waals surface area contributed by atoms with Gasteiger partial charge in [-0.05, 0) is 23.8 Å². The first-order valence-electron chi connectivity index (χ1n) is 3.90. The summed E-state index contributed by atoms with van der Waals surface area (Å²) in [5.74, 6) is -1.56. The van der Waals surface area contributed by atoms with Crippen LogP contribution in [0.5, 0.6) is 0 Å². The van der Waals surface area contributed by atoms with Gasteiger partial charge in [0.25, 0.3) is 0 Å². The van der Waals surface area contributed by atoms with Crippen molar-refractivity contribution in [2.24, 2.45) is 5.73 Å². The molecule has 0 aromatic heterocycles. The second-order valence-corrected chi connectivity index (χ2v) is 2.67. The lowest BCUT2D eigenvalue weighted by Crippen LogP contribution is -2.05. The van der Waals surface area contributed by atoms with Crippen LogP contribution in [0.25, 0.3) is 6.08 Å². The average molecular weight is 191 g/mol. The molecule has 1 amide bonds. The lowest BCUT2D eigenvalue weighted by Gasteiger charge is -1.95. The minimum atomic E-state index is -1.00. The van der Waals surface area contributed by atoms with Gasteiger partial charge < -0.3 is 10.8 Å². The number of carboxylic acids is 1. The summed E-state index contributed by atoms with van der Waals surface area (Å²) in [4.78, 5) is 21.0. The fraction of sp³-hybridized carbons (Fsp3) is 0. The Morgan fingerprint density at radius 1 is 1.36 bits per heavy atom. The normalized spacial score (nSPS) is 10.3. The number of hydrogen-bond donors (Lipinski definition) is 2. The van der Waals surface area contributed by atoms with Crippen LogP contribution in [0.4, 0.5) is 0 Å². The van der Waals surface area contributed by atoms with Crippen molar-refractivity contribution in [3.8, 4) is 0 Å². The quantitative estimate of drug-likeness (QED) is 0.696. The van der Waals surface area contributed by atoms with Gasteiger partial charge in [-0.2, -0.15) is 0 Å². The number of benzene rings is 1. The van der Waals surface area contributed by atoms with Crippen molar-refractivity contribution in [2.45, 2.75) is 0 Å². The summed E-state index contributed by atoms with van der Waals surface area (Å²) in [6, 6.07) is 6.22. The molecule has 14 heavy (non-hydrogen) atoms. The Labute approximate surface area is 80.7 Å². The Balaban J connectivity index is 2.94. The summed E-state index contributed by atoms with van der Waals surface area (Å²) in [6.45, 7) is 0. The standard InChI is InChI=1S/C10H9NO3/c11-9(12)5-4-7-2-1-3-8(6-7)10(13)14/h1-6H,(H2,11,12)(H,13,14)/b5-4+. The zero-order valence-electron chi connectivity index (χ0n) is 7.31. The molecule has 1 aromatic rings. The van der Waals surface area contributed by atoms with Crippen LogP contribution in [0.2, 0.25) is 0 Å². The molecule has 0 fully saturated rings. The summed E-state index contributed by atoms with van der Waals surface area (Å²) in [5, 5.41) is 8.67. The van der Waals surface area contributed by atoms with Crippen LogP contribution in [0.3, 0.4) is 0 Å². The van der Waals surface area contributed by atoms with E-state index < -0.39 is 11.9 Å². The molecular formula is C10H9NO3. The topological polar surface area (TPSA) is 80.4 Å². The SMILES string of the molecule is NC(=O)/C=C/c1cccc(C(=O)O)c1. The van der Waals surface area contributed by atoms with Gasteiger partial charge in [-0.25, -0.2) is 4.79 Å². The van der Waals surface area contributed by atoms with E-state index in [-0.39, 0.29) is 5.56 Å². The number of rotatable bonds is 3. The van der Waals surface area contributed by atoms with Gasteiger partial charge in [-0.3, -0.25) is 4.79 Å². The Morgan fingerprint density at radius 2 is 2.07 bits per heavy atom. The summed E-state index contributed by atoms with van der Waals surface area (Å²) < 4.78 is 0. The highest BCUT2D eigenvalue weighted by Crippen LogP contribution is 2.06. The highest BCUT2D eigenvalue weighted by atomic mass is 16.4. The predicted molar refractivity (Wildman–Crippen MR) is 51.6 cm³/mol. The van der Waals surface area contributed by atoms with Crippen molar-refractivity contribution >= 4 is 18.0 Å². The van der Waals surface area contributed by atoms with Gasteiger partial charge in [0.1, 0.15) is 0 Å². The number of amides is 1. The van der Waals surface area contributed by atoms with E-state index in [1.165, 1.54) is 24.3 Å². The third-order valence-electron chi connectivity index (χ3n) is 1.57. The molecule has 0 radical (unpaired) electrons. The Hall–Kier alpha value is -2.10. The lowest BCUT2D eigenvalue weighted by atomic mass is 10.1. The van der Waals surface area contributed by atoms with E-state index in [1.54, 1.807) is 12.1 Å². The largest absolute Gasteiger partial charge is 0.478 e. The van der Waals surface area contributed by atoms with Crippen LogP contribution in [0.1, 0.15) is 15.9 Å². The maximum atomic E-state index is 10.6. The van der Waals surface area contributed by atoms with Gasteiger partial charge in [-0.1, -0.05) is 12.1 Å². The van der Waals surface area contributed by atoms with Crippen LogP contribution < -0.4 is 5.73 Å². The fourth-order valence-corrected chi connectivity index (χ4v) is 0.954. The highest BCUT2D eigenvalue weighted by Gasteiger charge is 2.00. The van der Waals surface area contributed by atoms with Crippen LogP contribution >= 0.6 is 0 Å². The van der Waals surface area contributed by atoms with E-state index >= 15 is 0 Å². The van der Waals surface area contributed by atoms with E-state index in [1.807, 2.05) is 0 Å². The van der Waals surface area contributed by atoms with Gasteiger partial charge in [0.2, 0.25) is 5.91 Å². The molecule has 0 spiro atoms. The average Bonchev–Trinajstić information content (AvgIpc) is 2.15. The molecule has 0 aliphatic carbocycles. The molecule has 0 atom stereocenters. The smallest absolute Gasteiger partial charge is 0.335 e. The van der Waals surface area contributed by atoms with Gasteiger partial charge in [0, 0.05) is 6.08 Å². The zero-order chi connectivity index (χ0) is 10.6. The molecule has 0 unspecified atom stereocenters. The Morgan fingerprint density at radius 3 is 2.64 bits per heavy atom. The van der Waals surface area contributed by atoms with Crippen LogP contribution in [0, 0.1) is 0 Å². The van der Waals surface area contributed by atoms with Crippen molar-refractivity contribution in [1.29, 1.82) is 0 Å². The summed E-state index contributed by atoms with van der Waals surface area (Å²) in [6.07, 6.45) is 2.65. The highest BCUT2D eigenvalue weighted by molar-refractivity contribution is 5.91. The molecule has 3 N–H and O–H groups in total. The fourth-order valence-electron chi connectivity index (χ4n) is 0.954. The first kappa shape index (κ1) is 9.98. The number of carbonyl (C=O) groups excluding carboxylic acids is 1. The van der Waals surface area contributed by atoms with Crippen molar-refractivity contribution in [1.82, 2.24) is 0 Å². The summed E-state index contributed by atoms with van der Waals surface area (Å²) >= 11 is 0. The summed E-state index contributed by atoms with van der Waals surface area (Å²) in [5.41, 5.74) is 5.70. The van der Waals surface area contributed by atoms with Crippen molar-refractivity contribution in [3.63, 3.8) is 0 Å². The molecule has 72 valence electrons. The molecule has 1 aromatic carbocycles. The maximum Gasteiger partial charge on any atom is 0.335 e. The number of carbonyl (C=O) groups is 2. The maximum absolute atomic E-state index is 10.6. The van der Waals surface area contributed by atoms with Crippen molar-refractivity contribution < 1.29 is 14.7 Å². The molecule has 0 heterocycles. The third-order valence-corrected chi connectivity index (χ3v) is 1.57. The molecule has 0 aliphatic rings. The van der Waals surface area contributed by atoms with E-state index in [0.717, 1.165) is 0 Å². The van der Waals surface area contributed by atoms with Crippen LogP contribution in [-0.4, -0.2) is 17.0 Å². The molecule has 4 nitrogen and oxygen atoms in total. The second-order valence-electron chi connectivity index (χ2n) is 2.67. The summed E-state index contributed by atoms with van der Waals surface area (Å²) in [7, 11) is 0. The number of primary amides is 1. The minimum Gasteiger partial charge on any atom is -0.478 e. The van der Waals surface area contributed by atoms with Gasteiger partial charge >= 0.3 is 5.97 Å².